The lowest BCUT2D eigenvalue weighted by Crippen LogP contribution is -2.48. The lowest BCUT2D eigenvalue weighted by molar-refractivity contribution is -0.145. The molecule has 0 aromatic carbocycles. The number of nitrogens with one attached hydrogen (secondary N) is 2. The van der Waals surface area contributed by atoms with Crippen molar-refractivity contribution in [2.75, 3.05) is 6.54 Å². The molecule has 2 heterocycles. The zero-order valence-electron chi connectivity index (χ0n) is 11.3. The number of amides is 4. The highest BCUT2D eigenvalue weighted by Crippen LogP contribution is 2.47. The van der Waals surface area contributed by atoms with Gasteiger partial charge in [0.2, 0.25) is 11.8 Å². The van der Waals surface area contributed by atoms with Gasteiger partial charge in [-0.25, -0.2) is 9.59 Å². The van der Waals surface area contributed by atoms with Gasteiger partial charge >= 0.3 is 12.0 Å². The van der Waals surface area contributed by atoms with E-state index in [1.54, 1.807) is 0 Å². The third-order valence-electron chi connectivity index (χ3n) is 3.05. The van der Waals surface area contributed by atoms with E-state index in [2.05, 4.69) is 10.6 Å². The fraction of sp³-hybridized carbons (Fsp3) is 0.500. The van der Waals surface area contributed by atoms with E-state index >= 15 is 0 Å². The number of rotatable bonds is 5. The predicted octanol–water partition coefficient (Wildman–Crippen LogP) is 0.214. The van der Waals surface area contributed by atoms with E-state index in [0.717, 1.165) is 0 Å². The van der Waals surface area contributed by atoms with Crippen LogP contribution in [0.5, 0.6) is 0 Å². The summed E-state index contributed by atoms with van der Waals surface area (Å²) in [6.45, 7) is 1.55. The highest BCUT2D eigenvalue weighted by molar-refractivity contribution is 8.04. The Morgan fingerprint density at radius 2 is 2.14 bits per heavy atom. The highest BCUT2D eigenvalue weighted by atomic mass is 32.2. The quantitative estimate of drug-likeness (QED) is 0.494. The van der Waals surface area contributed by atoms with Crippen LogP contribution in [0.2, 0.25) is 0 Å². The first-order chi connectivity index (χ1) is 9.90. The van der Waals surface area contributed by atoms with Gasteiger partial charge in [-0.3, -0.25) is 19.8 Å². The van der Waals surface area contributed by atoms with Crippen LogP contribution in [0.4, 0.5) is 4.79 Å². The molecule has 9 heteroatoms. The molecule has 0 aliphatic carbocycles. The number of allylic oxidation sites excluding steroid dienone is 1. The zero-order chi connectivity index (χ0) is 15.6. The lowest BCUT2D eigenvalue weighted by atomic mass is 10.1. The number of fused-ring (bicyclic) bond motifs is 1. The molecule has 8 nitrogen and oxygen atoms in total. The summed E-state index contributed by atoms with van der Waals surface area (Å²) in [5.41, 5.74) is 0.0643. The monoisotopic (exact) mass is 313 g/mol. The van der Waals surface area contributed by atoms with Crippen molar-refractivity contribution in [3.63, 3.8) is 0 Å². The molecule has 3 N–H and O–H groups in total. The number of carbonyl (C=O) groups is 4. The van der Waals surface area contributed by atoms with Gasteiger partial charge in [0.15, 0.2) is 0 Å². The van der Waals surface area contributed by atoms with Crippen molar-refractivity contribution in [2.24, 2.45) is 0 Å². The maximum absolute atomic E-state index is 11.4. The van der Waals surface area contributed by atoms with Crippen LogP contribution in [0.3, 0.4) is 0 Å². The zero-order valence-corrected chi connectivity index (χ0v) is 12.2. The summed E-state index contributed by atoms with van der Waals surface area (Å²) in [5.74, 6) is -1.72. The van der Waals surface area contributed by atoms with Gasteiger partial charge in [0, 0.05) is 18.4 Å². The molecule has 0 spiro atoms. The normalized spacial score (nSPS) is 20.0. The second-order valence-electron chi connectivity index (χ2n) is 4.66. The van der Waals surface area contributed by atoms with Crippen LogP contribution in [0.1, 0.15) is 26.2 Å². The Bertz CT molecular complexity index is 545. The smallest absolute Gasteiger partial charge is 0.353 e. The summed E-state index contributed by atoms with van der Waals surface area (Å²) >= 11 is 1.39. The van der Waals surface area contributed by atoms with Crippen LogP contribution in [0, 0.1) is 0 Å². The Balaban J connectivity index is 1.83. The Labute approximate surface area is 124 Å². The van der Waals surface area contributed by atoms with Crippen LogP contribution >= 0.6 is 11.8 Å². The molecule has 0 radical (unpaired) electrons. The number of aliphatic carboxylic acids is 1. The lowest BCUT2D eigenvalue weighted by Gasteiger charge is -2.33. The van der Waals surface area contributed by atoms with Gasteiger partial charge < -0.3 is 10.4 Å². The number of urea groups is 1. The van der Waals surface area contributed by atoms with Crippen LogP contribution in [0.25, 0.3) is 0 Å². The summed E-state index contributed by atoms with van der Waals surface area (Å²) in [6.07, 6.45) is 1.36. The van der Waals surface area contributed by atoms with Gasteiger partial charge in [-0.1, -0.05) is 0 Å². The van der Waals surface area contributed by atoms with Crippen molar-refractivity contribution in [1.29, 1.82) is 0 Å². The van der Waals surface area contributed by atoms with E-state index in [1.807, 2.05) is 0 Å². The SMILES string of the molecule is CC(=O)NC(=O)NCCCC1=C(C(=O)O)N2C(=O)C[C@H]2S1. The fourth-order valence-corrected chi connectivity index (χ4v) is 3.60. The Morgan fingerprint density at radius 1 is 1.43 bits per heavy atom. The topological polar surface area (TPSA) is 116 Å². The van der Waals surface area contributed by atoms with E-state index in [-0.39, 0.29) is 17.0 Å². The number of nitrogens with zero attached hydrogens (tertiary/aromatic N) is 1. The van der Waals surface area contributed by atoms with E-state index in [1.165, 1.54) is 23.6 Å². The molecule has 0 aromatic rings. The largest absolute Gasteiger partial charge is 0.477 e. The molecule has 2 rings (SSSR count). The van der Waals surface area contributed by atoms with Crippen molar-refractivity contribution in [3.8, 4) is 0 Å². The van der Waals surface area contributed by atoms with Crippen molar-refractivity contribution in [2.45, 2.75) is 31.6 Å². The molecule has 0 unspecified atom stereocenters. The molecular formula is C12H15N3O5S. The molecule has 0 saturated carbocycles. The Hall–Kier alpha value is -2.03. The number of hydrogen-bond acceptors (Lipinski definition) is 5. The first-order valence-electron chi connectivity index (χ1n) is 6.40. The molecule has 21 heavy (non-hydrogen) atoms. The Kier molecular flexibility index (Phi) is 4.51. The maximum Gasteiger partial charge on any atom is 0.353 e. The summed E-state index contributed by atoms with van der Waals surface area (Å²) in [4.78, 5) is 46.4. The first kappa shape index (κ1) is 15.4. The van der Waals surface area contributed by atoms with E-state index < -0.39 is 17.9 Å². The van der Waals surface area contributed by atoms with E-state index in [4.69, 9.17) is 0 Å². The minimum Gasteiger partial charge on any atom is -0.477 e. The summed E-state index contributed by atoms with van der Waals surface area (Å²) in [7, 11) is 0. The number of β-lactam (4-membered cyclic amide) rings is 1. The van der Waals surface area contributed by atoms with Gasteiger partial charge in [0.1, 0.15) is 5.70 Å². The predicted molar refractivity (Wildman–Crippen MR) is 74.0 cm³/mol. The highest BCUT2D eigenvalue weighted by Gasteiger charge is 2.47. The molecule has 2 aliphatic heterocycles. The summed E-state index contributed by atoms with van der Waals surface area (Å²) in [5, 5.41) is 13.7. The minimum atomic E-state index is -1.10. The molecular weight excluding hydrogens is 298 g/mol. The molecule has 4 amide bonds. The standard InChI is InChI=1S/C12H15N3O5S/c1-6(16)14-12(20)13-4-2-3-7-10(11(18)19)15-8(17)5-9(15)21-7/h9H,2-5H2,1H3,(H,18,19)(H2,13,14,16,20)/t9-/m1/s1. The van der Waals surface area contributed by atoms with Gasteiger partial charge in [-0.05, 0) is 12.8 Å². The van der Waals surface area contributed by atoms with Crippen molar-refractivity contribution >= 4 is 35.6 Å². The first-order valence-corrected chi connectivity index (χ1v) is 7.28. The van der Waals surface area contributed by atoms with Crippen molar-refractivity contribution < 1.29 is 24.3 Å². The summed E-state index contributed by atoms with van der Waals surface area (Å²) < 4.78 is 0. The molecule has 1 saturated heterocycles. The molecule has 2 aliphatic rings. The van der Waals surface area contributed by atoms with E-state index in [0.29, 0.717) is 30.7 Å². The number of carboxylic acids is 1. The maximum atomic E-state index is 11.4. The van der Waals surface area contributed by atoms with Gasteiger partial charge in [-0.15, -0.1) is 11.8 Å². The number of carbonyl (C=O) groups excluding carboxylic acids is 3. The minimum absolute atomic E-state index is 0.0643. The van der Waals surface area contributed by atoms with Crippen LogP contribution in [0.15, 0.2) is 10.6 Å². The van der Waals surface area contributed by atoms with Crippen LogP contribution in [-0.2, 0) is 14.4 Å². The van der Waals surface area contributed by atoms with Crippen molar-refractivity contribution in [3.05, 3.63) is 10.6 Å². The number of hydrogen-bond donors (Lipinski definition) is 3. The molecule has 1 fully saturated rings. The van der Waals surface area contributed by atoms with Crippen LogP contribution in [-0.4, -0.2) is 45.7 Å². The molecule has 0 bridgehead atoms. The molecule has 1 atom stereocenters. The van der Waals surface area contributed by atoms with E-state index in [9.17, 15) is 24.3 Å². The average Bonchev–Trinajstić information content (AvgIpc) is 2.66. The molecule has 114 valence electrons. The van der Waals surface area contributed by atoms with Crippen LogP contribution < -0.4 is 10.6 Å². The van der Waals surface area contributed by atoms with Gasteiger partial charge in [0.25, 0.3) is 0 Å². The average molecular weight is 313 g/mol. The summed E-state index contributed by atoms with van der Waals surface area (Å²) in [6, 6.07) is -0.576. The number of carboxylic acid groups (broad SMARTS) is 1. The second kappa shape index (κ2) is 6.17. The number of thioether (sulfide) groups is 1. The molecule has 0 aromatic heterocycles. The van der Waals surface area contributed by atoms with Crippen molar-refractivity contribution in [1.82, 2.24) is 15.5 Å². The van der Waals surface area contributed by atoms with Gasteiger partial charge in [-0.2, -0.15) is 0 Å². The third kappa shape index (κ3) is 3.35. The number of imide groups is 1. The Morgan fingerprint density at radius 3 is 2.71 bits per heavy atom. The third-order valence-corrected chi connectivity index (χ3v) is 4.38. The fourth-order valence-electron chi connectivity index (χ4n) is 2.16. The van der Waals surface area contributed by atoms with Gasteiger partial charge in [0.05, 0.1) is 11.8 Å². The second-order valence-corrected chi connectivity index (χ2v) is 5.93.